The van der Waals surface area contributed by atoms with Crippen LogP contribution in [0.15, 0.2) is 48.0 Å². The van der Waals surface area contributed by atoms with Crippen molar-refractivity contribution in [3.05, 3.63) is 59.2 Å². The number of carbonyl (C=O) groups is 1. The van der Waals surface area contributed by atoms with Crippen molar-refractivity contribution < 1.29 is 14.3 Å². The van der Waals surface area contributed by atoms with Gasteiger partial charge in [-0.15, -0.1) is 0 Å². The molecule has 186 valence electrons. The number of nitrogens with zero attached hydrogens (tertiary/aromatic N) is 2. The van der Waals surface area contributed by atoms with Gasteiger partial charge in [-0.3, -0.25) is 14.6 Å². The Labute approximate surface area is 208 Å². The molecule has 6 nitrogen and oxygen atoms in total. The number of ether oxygens (including phenoxy) is 2. The first-order chi connectivity index (χ1) is 17.1. The summed E-state index contributed by atoms with van der Waals surface area (Å²) in [5.41, 5.74) is 5.99. The van der Waals surface area contributed by atoms with Gasteiger partial charge in [0.2, 0.25) is 5.91 Å². The number of allylic oxidation sites excluding steroid dienone is 1. The molecule has 2 aromatic carbocycles. The van der Waals surface area contributed by atoms with Crippen molar-refractivity contribution in [3.63, 3.8) is 0 Å². The number of fused-ring (bicyclic) bond motifs is 1. The zero-order valence-electron chi connectivity index (χ0n) is 21.0. The zero-order valence-corrected chi connectivity index (χ0v) is 21.0. The highest BCUT2D eigenvalue weighted by molar-refractivity contribution is 5.93. The fourth-order valence-corrected chi connectivity index (χ4v) is 5.57. The smallest absolute Gasteiger partial charge is 0.238 e. The number of anilines is 1. The van der Waals surface area contributed by atoms with Crippen molar-refractivity contribution in [1.29, 1.82) is 0 Å². The van der Waals surface area contributed by atoms with Crippen LogP contribution < -0.4 is 14.8 Å². The summed E-state index contributed by atoms with van der Waals surface area (Å²) in [5.74, 6) is 2.34. The summed E-state index contributed by atoms with van der Waals surface area (Å²) in [6.45, 7) is 8.49. The molecular weight excluding hydrogens is 438 g/mol. The molecule has 3 aliphatic rings. The van der Waals surface area contributed by atoms with E-state index in [1.54, 1.807) is 7.11 Å². The van der Waals surface area contributed by atoms with Crippen LogP contribution in [0.2, 0.25) is 0 Å². The number of hydrogen-bond acceptors (Lipinski definition) is 5. The molecule has 0 aliphatic carbocycles. The summed E-state index contributed by atoms with van der Waals surface area (Å²) in [6, 6.07) is 14.4. The molecule has 0 unspecified atom stereocenters. The number of methoxy groups -OCH3 is 1. The first-order valence-electron chi connectivity index (χ1n) is 12.9. The number of amides is 1. The van der Waals surface area contributed by atoms with Crippen LogP contribution in [0.4, 0.5) is 5.69 Å². The van der Waals surface area contributed by atoms with Gasteiger partial charge in [0.1, 0.15) is 18.1 Å². The number of benzene rings is 2. The van der Waals surface area contributed by atoms with Crippen LogP contribution in [0.3, 0.4) is 0 Å². The maximum absolute atomic E-state index is 12.8. The van der Waals surface area contributed by atoms with Crippen molar-refractivity contribution in [2.24, 2.45) is 0 Å². The highest BCUT2D eigenvalue weighted by atomic mass is 16.5. The molecule has 35 heavy (non-hydrogen) atoms. The molecular formula is C29H37N3O3. The van der Waals surface area contributed by atoms with Gasteiger partial charge in [0, 0.05) is 23.9 Å². The van der Waals surface area contributed by atoms with Crippen LogP contribution in [0.1, 0.15) is 49.7 Å². The lowest BCUT2D eigenvalue weighted by molar-refractivity contribution is -0.117. The van der Waals surface area contributed by atoms with Crippen LogP contribution in [0.5, 0.6) is 11.5 Å². The normalized spacial score (nSPS) is 19.4. The van der Waals surface area contributed by atoms with Gasteiger partial charge >= 0.3 is 0 Å². The molecule has 2 fully saturated rings. The number of piperidine rings is 1. The maximum atomic E-state index is 12.8. The van der Waals surface area contributed by atoms with Crippen LogP contribution in [0, 0.1) is 0 Å². The lowest BCUT2D eigenvalue weighted by Gasteiger charge is -2.31. The third-order valence-electron chi connectivity index (χ3n) is 7.76. The largest absolute Gasteiger partial charge is 0.497 e. The molecule has 6 heteroatoms. The first-order valence-corrected chi connectivity index (χ1v) is 12.9. The minimum absolute atomic E-state index is 0.0330. The molecule has 3 heterocycles. The molecule has 2 saturated heterocycles. The van der Waals surface area contributed by atoms with Gasteiger partial charge in [0.25, 0.3) is 0 Å². The van der Waals surface area contributed by atoms with Crippen molar-refractivity contribution >= 4 is 17.2 Å². The maximum Gasteiger partial charge on any atom is 0.238 e. The standard InChI is InChI=1S/C29H37N3O3/c1-21-24(18-31-13-3-4-14-31)20-35-28-17-25(7-10-27(21)28)30-29(33)19-32-15-11-23(12-16-32)22-5-8-26(34-2)9-6-22/h5-10,17,23H,3-4,11-16,18-20H2,1-2H3,(H,30,33). The minimum atomic E-state index is 0.0330. The molecule has 5 rings (SSSR count). The first kappa shape index (κ1) is 23.9. The molecule has 3 aliphatic heterocycles. The lowest BCUT2D eigenvalue weighted by Crippen LogP contribution is -2.38. The summed E-state index contributed by atoms with van der Waals surface area (Å²) in [5, 5.41) is 3.08. The van der Waals surface area contributed by atoms with Gasteiger partial charge in [-0.1, -0.05) is 12.1 Å². The topological polar surface area (TPSA) is 54.0 Å². The predicted octanol–water partition coefficient (Wildman–Crippen LogP) is 4.78. The average Bonchev–Trinajstić information content (AvgIpc) is 3.39. The van der Waals surface area contributed by atoms with E-state index in [0.717, 1.165) is 55.2 Å². The highest BCUT2D eigenvalue weighted by Crippen LogP contribution is 2.35. The second kappa shape index (κ2) is 10.8. The average molecular weight is 476 g/mol. The van der Waals surface area contributed by atoms with Gasteiger partial charge < -0.3 is 14.8 Å². The molecule has 0 saturated carbocycles. The minimum Gasteiger partial charge on any atom is -0.497 e. The Bertz CT molecular complexity index is 1070. The van der Waals surface area contributed by atoms with E-state index in [0.29, 0.717) is 19.1 Å². The quantitative estimate of drug-likeness (QED) is 0.625. The Hall–Kier alpha value is -2.83. The molecule has 2 aromatic rings. The summed E-state index contributed by atoms with van der Waals surface area (Å²) in [4.78, 5) is 17.5. The Morgan fingerprint density at radius 2 is 1.77 bits per heavy atom. The van der Waals surface area contributed by atoms with Gasteiger partial charge in [-0.25, -0.2) is 0 Å². The van der Waals surface area contributed by atoms with Crippen molar-refractivity contribution in [1.82, 2.24) is 9.80 Å². The second-order valence-electron chi connectivity index (χ2n) is 10.1. The second-order valence-corrected chi connectivity index (χ2v) is 10.1. The lowest BCUT2D eigenvalue weighted by atomic mass is 9.89. The van der Waals surface area contributed by atoms with Crippen LogP contribution >= 0.6 is 0 Å². The summed E-state index contributed by atoms with van der Waals surface area (Å²) < 4.78 is 11.4. The fourth-order valence-electron chi connectivity index (χ4n) is 5.57. The number of rotatable bonds is 7. The molecule has 0 aromatic heterocycles. The van der Waals surface area contributed by atoms with E-state index in [1.165, 1.54) is 42.6 Å². The number of nitrogens with one attached hydrogen (secondary N) is 1. The summed E-state index contributed by atoms with van der Waals surface area (Å²) in [7, 11) is 1.69. The van der Waals surface area contributed by atoms with E-state index in [1.807, 2.05) is 24.3 Å². The van der Waals surface area contributed by atoms with E-state index >= 15 is 0 Å². The third kappa shape index (κ3) is 5.71. The van der Waals surface area contributed by atoms with Crippen molar-refractivity contribution in [3.8, 4) is 11.5 Å². The zero-order chi connectivity index (χ0) is 24.2. The predicted molar refractivity (Wildman–Crippen MR) is 140 cm³/mol. The van der Waals surface area contributed by atoms with Crippen molar-refractivity contribution in [2.45, 2.75) is 38.5 Å². The van der Waals surface area contributed by atoms with Gasteiger partial charge in [-0.2, -0.15) is 0 Å². The fraction of sp³-hybridized carbons (Fsp3) is 0.483. The summed E-state index contributed by atoms with van der Waals surface area (Å²) >= 11 is 0. The van der Waals surface area contributed by atoms with Gasteiger partial charge in [-0.05, 0) is 106 Å². The molecule has 0 spiro atoms. The molecule has 1 amide bonds. The summed E-state index contributed by atoms with van der Waals surface area (Å²) in [6.07, 6.45) is 4.73. The highest BCUT2D eigenvalue weighted by Gasteiger charge is 2.23. The van der Waals surface area contributed by atoms with E-state index in [4.69, 9.17) is 9.47 Å². The van der Waals surface area contributed by atoms with E-state index in [9.17, 15) is 4.79 Å². The molecule has 0 bridgehead atoms. The van der Waals surface area contributed by atoms with Crippen LogP contribution in [-0.2, 0) is 4.79 Å². The molecule has 0 atom stereocenters. The van der Waals surface area contributed by atoms with E-state index in [2.05, 4.69) is 40.2 Å². The Morgan fingerprint density at radius 3 is 2.49 bits per heavy atom. The Kier molecular flexibility index (Phi) is 7.40. The van der Waals surface area contributed by atoms with E-state index < -0.39 is 0 Å². The molecule has 0 radical (unpaired) electrons. The van der Waals surface area contributed by atoms with Crippen LogP contribution in [-0.4, -0.2) is 68.7 Å². The van der Waals surface area contributed by atoms with Crippen molar-refractivity contribution in [2.75, 3.05) is 58.3 Å². The van der Waals surface area contributed by atoms with E-state index in [-0.39, 0.29) is 5.91 Å². The number of hydrogen-bond donors (Lipinski definition) is 1. The third-order valence-corrected chi connectivity index (χ3v) is 7.76. The molecule has 1 N–H and O–H groups in total. The van der Waals surface area contributed by atoms with Crippen LogP contribution in [0.25, 0.3) is 5.57 Å². The Morgan fingerprint density at radius 1 is 1.03 bits per heavy atom. The van der Waals surface area contributed by atoms with Gasteiger partial charge in [0.05, 0.1) is 13.7 Å². The van der Waals surface area contributed by atoms with Gasteiger partial charge in [0.15, 0.2) is 0 Å². The monoisotopic (exact) mass is 475 g/mol. The number of likely N-dealkylation sites (tertiary alicyclic amines) is 2. The SMILES string of the molecule is COc1ccc(C2CCN(CC(=O)Nc3ccc4c(c3)OCC(CN3CCCC3)=C4C)CC2)cc1. The number of carbonyl (C=O) groups excluding carboxylic acids is 1. The Balaban J connectivity index is 1.13.